The van der Waals surface area contributed by atoms with E-state index in [2.05, 4.69) is 58.6 Å². The van der Waals surface area contributed by atoms with Gasteiger partial charge in [-0.3, -0.25) is 9.08 Å². The Hall–Kier alpha value is -3.59. The maximum atomic E-state index is 4.62. The summed E-state index contributed by atoms with van der Waals surface area (Å²) in [6, 6.07) is 15.9. The van der Waals surface area contributed by atoms with Crippen molar-refractivity contribution in [1.82, 2.24) is 34.3 Å². The highest BCUT2D eigenvalue weighted by molar-refractivity contribution is 9.10. The first-order valence-electron chi connectivity index (χ1n) is 9.32. The molecule has 5 rings (SSSR count). The van der Waals surface area contributed by atoms with Crippen molar-refractivity contribution in [3.8, 4) is 11.3 Å². The third kappa shape index (κ3) is 3.67. The fourth-order valence-corrected chi connectivity index (χ4v) is 3.69. The molecule has 0 radical (unpaired) electrons. The number of fused-ring (bicyclic) bond motifs is 1. The quantitative estimate of drug-likeness (QED) is 0.426. The number of benzene rings is 1. The highest BCUT2D eigenvalue weighted by Crippen LogP contribution is 2.22. The topological polar surface area (TPSA) is 85.8 Å². The van der Waals surface area contributed by atoms with Crippen molar-refractivity contribution >= 4 is 33.3 Å². The van der Waals surface area contributed by atoms with E-state index in [0.29, 0.717) is 12.4 Å². The number of hydrogen-bond donors (Lipinski definition) is 1. The predicted octanol–water partition coefficient (Wildman–Crippen LogP) is 4.02. The predicted molar refractivity (Wildman–Crippen MR) is 117 cm³/mol. The first-order valence-corrected chi connectivity index (χ1v) is 10.1. The summed E-state index contributed by atoms with van der Waals surface area (Å²) in [7, 11) is 1.86. The molecule has 0 spiro atoms. The molecule has 1 N–H and O–H groups in total. The molecule has 0 bridgehead atoms. The minimum Gasteiger partial charge on any atom is -0.309 e. The first-order chi connectivity index (χ1) is 14.7. The van der Waals surface area contributed by atoms with Crippen LogP contribution < -0.4 is 5.32 Å². The van der Waals surface area contributed by atoms with Crippen molar-refractivity contribution in [3.63, 3.8) is 0 Å². The number of nitrogens with one attached hydrogen (secondary N) is 1. The zero-order valence-electron chi connectivity index (χ0n) is 16.1. The molecule has 0 aliphatic heterocycles. The zero-order chi connectivity index (χ0) is 20.5. The van der Waals surface area contributed by atoms with Gasteiger partial charge >= 0.3 is 0 Å². The van der Waals surface area contributed by atoms with E-state index in [9.17, 15) is 0 Å². The van der Waals surface area contributed by atoms with Crippen LogP contribution in [-0.4, -0.2) is 34.3 Å². The molecule has 5 aromatic rings. The van der Waals surface area contributed by atoms with Gasteiger partial charge in [0, 0.05) is 42.0 Å². The Bertz CT molecular complexity index is 1340. The van der Waals surface area contributed by atoms with Gasteiger partial charge in [0.2, 0.25) is 5.95 Å². The molecule has 0 aliphatic carbocycles. The van der Waals surface area contributed by atoms with Gasteiger partial charge < -0.3 is 5.32 Å². The molecule has 0 fully saturated rings. The molecule has 8 nitrogen and oxygen atoms in total. The van der Waals surface area contributed by atoms with Gasteiger partial charge in [0.1, 0.15) is 11.6 Å². The van der Waals surface area contributed by atoms with Crippen LogP contribution >= 0.6 is 15.9 Å². The number of pyridine rings is 1. The molecule has 0 saturated carbocycles. The number of halogens is 1. The second-order valence-electron chi connectivity index (χ2n) is 6.80. The Labute approximate surface area is 180 Å². The van der Waals surface area contributed by atoms with Crippen molar-refractivity contribution < 1.29 is 0 Å². The minimum atomic E-state index is 0.507. The van der Waals surface area contributed by atoms with E-state index in [1.807, 2.05) is 54.0 Å². The van der Waals surface area contributed by atoms with E-state index in [-0.39, 0.29) is 0 Å². The van der Waals surface area contributed by atoms with E-state index >= 15 is 0 Å². The summed E-state index contributed by atoms with van der Waals surface area (Å²) in [5, 5.41) is 16.0. The SMILES string of the molecule is Cn1nccc1Nc1nccc(-c2ccn3c(Cc4cccc(Br)c4)nnc3c2)n1. The summed E-state index contributed by atoms with van der Waals surface area (Å²) in [6.45, 7) is 0. The normalized spacial score (nSPS) is 11.1. The van der Waals surface area contributed by atoms with Gasteiger partial charge in [-0.2, -0.15) is 5.10 Å². The lowest BCUT2D eigenvalue weighted by Crippen LogP contribution is -2.03. The van der Waals surface area contributed by atoms with Crippen LogP contribution in [0.5, 0.6) is 0 Å². The third-order valence-corrected chi connectivity index (χ3v) is 5.24. The highest BCUT2D eigenvalue weighted by atomic mass is 79.9. The Morgan fingerprint density at radius 1 is 1.03 bits per heavy atom. The average Bonchev–Trinajstić information content (AvgIpc) is 3.34. The summed E-state index contributed by atoms with van der Waals surface area (Å²) in [4.78, 5) is 8.92. The molecule has 4 heterocycles. The highest BCUT2D eigenvalue weighted by Gasteiger charge is 2.10. The molecule has 0 amide bonds. The summed E-state index contributed by atoms with van der Waals surface area (Å²) < 4.78 is 4.78. The van der Waals surface area contributed by atoms with E-state index in [0.717, 1.165) is 33.0 Å². The van der Waals surface area contributed by atoms with Gasteiger partial charge in [-0.15, -0.1) is 10.2 Å². The molecule has 1 aromatic carbocycles. The average molecular weight is 461 g/mol. The number of aryl methyl sites for hydroxylation is 1. The largest absolute Gasteiger partial charge is 0.309 e. The van der Waals surface area contributed by atoms with Crippen molar-refractivity contribution in [1.29, 1.82) is 0 Å². The number of anilines is 2. The lowest BCUT2D eigenvalue weighted by atomic mass is 10.1. The zero-order valence-corrected chi connectivity index (χ0v) is 17.7. The number of rotatable bonds is 5. The summed E-state index contributed by atoms with van der Waals surface area (Å²) >= 11 is 3.51. The van der Waals surface area contributed by atoms with E-state index < -0.39 is 0 Å². The molecule has 0 saturated heterocycles. The van der Waals surface area contributed by atoms with Gasteiger partial charge in [0.05, 0.1) is 11.9 Å². The first kappa shape index (κ1) is 18.4. The maximum absolute atomic E-state index is 4.62. The molecule has 0 atom stereocenters. The third-order valence-electron chi connectivity index (χ3n) is 4.74. The van der Waals surface area contributed by atoms with Crippen LogP contribution in [0.1, 0.15) is 11.4 Å². The van der Waals surface area contributed by atoms with Crippen molar-refractivity contribution in [2.24, 2.45) is 7.05 Å². The van der Waals surface area contributed by atoms with Gasteiger partial charge in [-0.1, -0.05) is 28.1 Å². The van der Waals surface area contributed by atoms with Crippen LogP contribution in [-0.2, 0) is 13.5 Å². The fraction of sp³-hybridized carbons (Fsp3) is 0.0952. The Kier molecular flexibility index (Phi) is 4.72. The van der Waals surface area contributed by atoms with Crippen LogP contribution in [0.3, 0.4) is 0 Å². The lowest BCUT2D eigenvalue weighted by Gasteiger charge is -2.07. The van der Waals surface area contributed by atoms with Crippen LogP contribution in [0, 0.1) is 0 Å². The van der Waals surface area contributed by atoms with Crippen LogP contribution in [0.25, 0.3) is 16.9 Å². The smallest absolute Gasteiger partial charge is 0.228 e. The molecular formula is C21H17BrN8. The van der Waals surface area contributed by atoms with Gasteiger partial charge in [-0.05, 0) is 35.9 Å². The molecule has 0 aliphatic rings. The summed E-state index contributed by atoms with van der Waals surface area (Å²) in [5.41, 5.74) is 3.69. The summed E-state index contributed by atoms with van der Waals surface area (Å²) in [6.07, 6.45) is 6.13. The molecule has 0 unspecified atom stereocenters. The molecule has 148 valence electrons. The van der Waals surface area contributed by atoms with E-state index in [4.69, 9.17) is 0 Å². The Morgan fingerprint density at radius 2 is 1.97 bits per heavy atom. The maximum Gasteiger partial charge on any atom is 0.228 e. The van der Waals surface area contributed by atoms with E-state index in [1.165, 1.54) is 5.56 Å². The Morgan fingerprint density at radius 3 is 2.80 bits per heavy atom. The lowest BCUT2D eigenvalue weighted by molar-refractivity contribution is 0.775. The van der Waals surface area contributed by atoms with Crippen molar-refractivity contribution in [2.45, 2.75) is 6.42 Å². The second-order valence-corrected chi connectivity index (χ2v) is 7.71. The van der Waals surface area contributed by atoms with Gasteiger partial charge in [-0.25, -0.2) is 9.97 Å². The minimum absolute atomic E-state index is 0.507. The molecule has 9 heteroatoms. The fourth-order valence-electron chi connectivity index (χ4n) is 3.24. The van der Waals surface area contributed by atoms with Crippen molar-refractivity contribution in [3.05, 3.63) is 83.0 Å². The Balaban J connectivity index is 1.43. The van der Waals surface area contributed by atoms with Gasteiger partial charge in [0.15, 0.2) is 5.65 Å². The van der Waals surface area contributed by atoms with E-state index in [1.54, 1.807) is 17.1 Å². The molecule has 30 heavy (non-hydrogen) atoms. The summed E-state index contributed by atoms with van der Waals surface area (Å²) in [5.74, 6) is 2.21. The molecule has 4 aromatic heterocycles. The standard InChI is InChI=1S/C21H17BrN8/c1-29-18(6-9-24-29)26-21-23-8-5-17(25-21)15-7-10-30-19(27-28-20(30)13-15)12-14-3-2-4-16(22)11-14/h2-11,13H,12H2,1H3,(H,23,25,26). The van der Waals surface area contributed by atoms with Crippen LogP contribution in [0.4, 0.5) is 11.8 Å². The monoisotopic (exact) mass is 460 g/mol. The molecular weight excluding hydrogens is 444 g/mol. The second kappa shape index (κ2) is 7.68. The number of aromatic nitrogens is 7. The van der Waals surface area contributed by atoms with Gasteiger partial charge in [0.25, 0.3) is 0 Å². The van der Waals surface area contributed by atoms with Crippen LogP contribution in [0.15, 0.2) is 71.6 Å². The number of nitrogens with zero attached hydrogens (tertiary/aromatic N) is 7. The van der Waals surface area contributed by atoms with Crippen molar-refractivity contribution in [2.75, 3.05) is 5.32 Å². The van der Waals surface area contributed by atoms with Crippen LogP contribution in [0.2, 0.25) is 0 Å². The number of hydrogen-bond acceptors (Lipinski definition) is 6.